The number of carboxylic acid groups (broad SMARTS) is 1. The van der Waals surface area contributed by atoms with Crippen LogP contribution in [0.4, 0.5) is 0 Å². The molecule has 0 unspecified atom stereocenters. The lowest BCUT2D eigenvalue weighted by Gasteiger charge is -2.12. The van der Waals surface area contributed by atoms with E-state index in [1.165, 1.54) is 13.2 Å². The van der Waals surface area contributed by atoms with E-state index in [1.54, 1.807) is 36.4 Å². The Morgan fingerprint density at radius 3 is 2.35 bits per heavy atom. The fraction of sp³-hybridized carbons (Fsp3) is 0.0588. The molecule has 2 aromatic carbocycles. The molecule has 0 aliphatic heterocycles. The number of halogens is 2. The highest BCUT2D eigenvalue weighted by molar-refractivity contribution is 6.30. The number of carboxylic acids is 1. The maximum Gasteiger partial charge on any atom is 0.340 e. The Balaban J connectivity index is 2.08. The summed E-state index contributed by atoms with van der Waals surface area (Å²) in [5.74, 6) is -1.12. The minimum Gasteiger partial charge on any atom is -0.478 e. The van der Waals surface area contributed by atoms with Crippen molar-refractivity contribution in [3.63, 3.8) is 0 Å². The van der Waals surface area contributed by atoms with Crippen LogP contribution >= 0.6 is 23.2 Å². The molecule has 9 heteroatoms. The van der Waals surface area contributed by atoms with Gasteiger partial charge < -0.3 is 14.6 Å². The summed E-state index contributed by atoms with van der Waals surface area (Å²) in [5.41, 5.74) is 1.08. The minimum atomic E-state index is -1.17. The summed E-state index contributed by atoms with van der Waals surface area (Å²) < 4.78 is 10.4. The molecule has 0 amide bonds. The van der Waals surface area contributed by atoms with Gasteiger partial charge in [0.15, 0.2) is 0 Å². The highest BCUT2D eigenvalue weighted by Crippen LogP contribution is 2.33. The lowest BCUT2D eigenvalue weighted by atomic mass is 9.99. The molecule has 0 atom stereocenters. The number of methoxy groups -OCH3 is 1. The van der Waals surface area contributed by atoms with E-state index in [-0.39, 0.29) is 28.6 Å². The van der Waals surface area contributed by atoms with Gasteiger partial charge in [-0.2, -0.15) is 9.97 Å². The number of hydrogen-bond acceptors (Lipinski definition) is 6. The van der Waals surface area contributed by atoms with Gasteiger partial charge in [0, 0.05) is 5.02 Å². The van der Waals surface area contributed by atoms with Gasteiger partial charge in [-0.1, -0.05) is 35.9 Å². The number of rotatable bonds is 5. The predicted molar refractivity (Wildman–Crippen MR) is 95.3 cm³/mol. The summed E-state index contributed by atoms with van der Waals surface area (Å²) >= 11 is 11.7. The number of carbonyl (C=O) groups is 1. The summed E-state index contributed by atoms with van der Waals surface area (Å²) in [7, 11) is 1.36. The Bertz CT molecular complexity index is 965. The number of ether oxygens (including phenoxy) is 2. The van der Waals surface area contributed by atoms with Crippen LogP contribution in [0.1, 0.15) is 10.4 Å². The molecule has 3 aromatic rings. The molecule has 1 N–H and O–H groups in total. The summed E-state index contributed by atoms with van der Waals surface area (Å²) in [6, 6.07) is 11.4. The van der Waals surface area contributed by atoms with Crippen LogP contribution in [0.3, 0.4) is 0 Å². The first-order chi connectivity index (χ1) is 12.5. The van der Waals surface area contributed by atoms with Crippen molar-refractivity contribution in [2.75, 3.05) is 7.11 Å². The highest BCUT2D eigenvalue weighted by Gasteiger charge is 2.20. The Labute approximate surface area is 158 Å². The number of aromatic nitrogens is 3. The lowest BCUT2D eigenvalue weighted by molar-refractivity contribution is 0.0695. The Morgan fingerprint density at radius 2 is 1.69 bits per heavy atom. The monoisotopic (exact) mass is 391 g/mol. The van der Waals surface area contributed by atoms with Crippen molar-refractivity contribution >= 4 is 29.2 Å². The Hall–Kier alpha value is -2.90. The average molecular weight is 392 g/mol. The first kappa shape index (κ1) is 17.9. The van der Waals surface area contributed by atoms with Crippen molar-refractivity contribution in [1.82, 2.24) is 15.0 Å². The van der Waals surface area contributed by atoms with Crippen molar-refractivity contribution in [2.24, 2.45) is 0 Å². The maximum absolute atomic E-state index is 11.9. The van der Waals surface area contributed by atoms with Gasteiger partial charge in [-0.15, -0.1) is 4.98 Å². The fourth-order valence-corrected chi connectivity index (χ4v) is 2.53. The topological polar surface area (TPSA) is 94.4 Å². The standard InChI is InChI=1S/C17H11Cl2N3O4/c1-25-16-20-15(19)21-17(22-16)26-12-4-2-3-11(13(12)14(23)24)9-5-7-10(18)8-6-9/h2-8H,1H3,(H,23,24). The zero-order chi connectivity index (χ0) is 18.7. The first-order valence-corrected chi connectivity index (χ1v) is 7.99. The second-order valence-electron chi connectivity index (χ2n) is 4.97. The SMILES string of the molecule is COc1nc(Cl)nc(Oc2cccc(-c3ccc(Cl)cc3)c2C(=O)O)n1. The fourth-order valence-electron chi connectivity index (χ4n) is 2.26. The van der Waals surface area contributed by atoms with Crippen LogP contribution in [0.5, 0.6) is 17.8 Å². The van der Waals surface area contributed by atoms with E-state index in [0.29, 0.717) is 16.1 Å². The van der Waals surface area contributed by atoms with Crippen molar-refractivity contribution in [3.05, 3.63) is 58.3 Å². The second-order valence-corrected chi connectivity index (χ2v) is 5.74. The zero-order valence-corrected chi connectivity index (χ0v) is 14.8. The number of benzene rings is 2. The molecule has 0 spiro atoms. The van der Waals surface area contributed by atoms with Crippen LogP contribution in [-0.4, -0.2) is 33.1 Å². The van der Waals surface area contributed by atoms with E-state index in [1.807, 2.05) is 0 Å². The van der Waals surface area contributed by atoms with Gasteiger partial charge >= 0.3 is 18.0 Å². The minimum absolute atomic E-state index is 0.0502. The summed E-state index contributed by atoms with van der Waals surface area (Å²) in [4.78, 5) is 23.3. The van der Waals surface area contributed by atoms with E-state index in [9.17, 15) is 9.90 Å². The molecule has 0 radical (unpaired) electrons. The molecule has 0 saturated carbocycles. The molecule has 132 valence electrons. The first-order valence-electron chi connectivity index (χ1n) is 7.23. The van der Waals surface area contributed by atoms with Crippen LogP contribution in [0.15, 0.2) is 42.5 Å². The maximum atomic E-state index is 11.9. The van der Waals surface area contributed by atoms with Crippen LogP contribution < -0.4 is 9.47 Å². The van der Waals surface area contributed by atoms with Crippen molar-refractivity contribution < 1.29 is 19.4 Å². The van der Waals surface area contributed by atoms with Gasteiger partial charge in [-0.25, -0.2) is 4.79 Å². The normalized spacial score (nSPS) is 10.4. The van der Waals surface area contributed by atoms with Crippen LogP contribution in [-0.2, 0) is 0 Å². The van der Waals surface area contributed by atoms with Crippen molar-refractivity contribution in [1.29, 1.82) is 0 Å². The molecule has 26 heavy (non-hydrogen) atoms. The molecular weight excluding hydrogens is 381 g/mol. The molecule has 3 rings (SSSR count). The number of nitrogens with zero attached hydrogens (tertiary/aromatic N) is 3. The second kappa shape index (κ2) is 7.55. The molecule has 0 saturated heterocycles. The van der Waals surface area contributed by atoms with Crippen LogP contribution in [0.25, 0.3) is 11.1 Å². The molecule has 0 aliphatic carbocycles. The lowest BCUT2D eigenvalue weighted by Crippen LogP contribution is -2.05. The summed E-state index contributed by atoms with van der Waals surface area (Å²) in [5, 5.41) is 10.1. The third-order valence-electron chi connectivity index (χ3n) is 3.35. The average Bonchev–Trinajstić information content (AvgIpc) is 2.61. The van der Waals surface area contributed by atoms with Crippen LogP contribution in [0, 0.1) is 0 Å². The van der Waals surface area contributed by atoms with E-state index in [0.717, 1.165) is 0 Å². The van der Waals surface area contributed by atoms with Gasteiger partial charge in [0.2, 0.25) is 5.28 Å². The quantitative estimate of drug-likeness (QED) is 0.690. The third-order valence-corrected chi connectivity index (χ3v) is 3.77. The Morgan fingerprint density at radius 1 is 1.00 bits per heavy atom. The van der Waals surface area contributed by atoms with Gasteiger partial charge in [-0.05, 0) is 40.9 Å². The smallest absolute Gasteiger partial charge is 0.340 e. The molecule has 0 bridgehead atoms. The van der Waals surface area contributed by atoms with Gasteiger partial charge in [0.1, 0.15) is 11.3 Å². The third kappa shape index (κ3) is 3.84. The molecular formula is C17H11Cl2N3O4. The summed E-state index contributed by atoms with van der Waals surface area (Å²) in [6.45, 7) is 0. The van der Waals surface area contributed by atoms with E-state index in [2.05, 4.69) is 15.0 Å². The molecule has 0 aliphatic rings. The van der Waals surface area contributed by atoms with Gasteiger partial charge in [0.05, 0.1) is 7.11 Å². The van der Waals surface area contributed by atoms with Gasteiger partial charge in [-0.3, -0.25) is 0 Å². The van der Waals surface area contributed by atoms with E-state index in [4.69, 9.17) is 32.7 Å². The highest BCUT2D eigenvalue weighted by atomic mass is 35.5. The van der Waals surface area contributed by atoms with Crippen LogP contribution in [0.2, 0.25) is 10.3 Å². The largest absolute Gasteiger partial charge is 0.478 e. The Kier molecular flexibility index (Phi) is 5.20. The molecule has 7 nitrogen and oxygen atoms in total. The predicted octanol–water partition coefficient (Wildman–Crippen LogP) is 4.34. The molecule has 1 aromatic heterocycles. The number of aromatic carboxylic acids is 1. The number of hydrogen-bond donors (Lipinski definition) is 1. The van der Waals surface area contributed by atoms with Crippen molar-refractivity contribution in [2.45, 2.75) is 0 Å². The van der Waals surface area contributed by atoms with Gasteiger partial charge in [0.25, 0.3) is 0 Å². The summed E-state index contributed by atoms with van der Waals surface area (Å²) in [6.07, 6.45) is 0. The molecule has 0 fully saturated rings. The van der Waals surface area contributed by atoms with Crippen molar-refractivity contribution in [3.8, 4) is 28.9 Å². The van der Waals surface area contributed by atoms with E-state index >= 15 is 0 Å². The van der Waals surface area contributed by atoms with E-state index < -0.39 is 5.97 Å². The molecule has 1 heterocycles. The zero-order valence-electron chi connectivity index (χ0n) is 13.3.